The zero-order chi connectivity index (χ0) is 15.9. The minimum Gasteiger partial charge on any atom is -0.395 e. The molecule has 1 fully saturated rings. The number of hydrogen-bond donors (Lipinski definition) is 2. The van der Waals surface area contributed by atoms with Gasteiger partial charge in [0.2, 0.25) is 0 Å². The van der Waals surface area contributed by atoms with Crippen LogP contribution in [0, 0.1) is 17.3 Å². The number of methoxy groups -OCH3 is 1. The van der Waals surface area contributed by atoms with Crippen molar-refractivity contribution in [3.63, 3.8) is 0 Å². The molecule has 3 atom stereocenters. The standard InChI is InChI=1S/C17H36N2O2/c1-17(2,3)15-6-7-16(18-4)14(12-15)13-19(8-10-20)9-11-21-5/h14-16,18,20H,6-13H2,1-5H3. The highest BCUT2D eigenvalue weighted by Crippen LogP contribution is 2.40. The van der Waals surface area contributed by atoms with Crippen molar-refractivity contribution in [1.82, 2.24) is 10.2 Å². The fraction of sp³-hybridized carbons (Fsp3) is 1.00. The second kappa shape index (κ2) is 9.09. The molecule has 0 bridgehead atoms. The predicted molar refractivity (Wildman–Crippen MR) is 88.5 cm³/mol. The van der Waals surface area contributed by atoms with E-state index >= 15 is 0 Å². The van der Waals surface area contributed by atoms with Gasteiger partial charge in [0.25, 0.3) is 0 Å². The molecule has 0 spiro atoms. The Morgan fingerprint density at radius 2 is 1.95 bits per heavy atom. The highest BCUT2D eigenvalue weighted by Gasteiger charge is 2.35. The van der Waals surface area contributed by atoms with Crippen LogP contribution in [0.1, 0.15) is 40.0 Å². The van der Waals surface area contributed by atoms with E-state index in [-0.39, 0.29) is 6.61 Å². The van der Waals surface area contributed by atoms with Gasteiger partial charge < -0.3 is 15.2 Å². The van der Waals surface area contributed by atoms with Crippen molar-refractivity contribution in [2.75, 3.05) is 47.0 Å². The monoisotopic (exact) mass is 300 g/mol. The molecule has 1 aliphatic rings. The molecule has 0 radical (unpaired) electrons. The van der Waals surface area contributed by atoms with Crippen LogP contribution in [0.2, 0.25) is 0 Å². The van der Waals surface area contributed by atoms with Gasteiger partial charge in [0.15, 0.2) is 0 Å². The van der Waals surface area contributed by atoms with Gasteiger partial charge in [-0.15, -0.1) is 0 Å². The van der Waals surface area contributed by atoms with E-state index in [1.807, 2.05) is 0 Å². The molecule has 1 aliphatic carbocycles. The molecule has 0 aromatic carbocycles. The lowest BCUT2D eigenvalue weighted by Gasteiger charge is -2.43. The third-order valence-electron chi connectivity index (χ3n) is 5.10. The maximum Gasteiger partial charge on any atom is 0.0589 e. The van der Waals surface area contributed by atoms with E-state index in [2.05, 4.69) is 38.0 Å². The lowest BCUT2D eigenvalue weighted by molar-refractivity contribution is 0.0703. The first-order valence-electron chi connectivity index (χ1n) is 8.41. The summed E-state index contributed by atoms with van der Waals surface area (Å²) in [6.07, 6.45) is 3.87. The minimum atomic E-state index is 0.226. The average molecular weight is 300 g/mol. The Balaban J connectivity index is 2.64. The van der Waals surface area contributed by atoms with Gasteiger partial charge in [-0.1, -0.05) is 20.8 Å². The Labute approximate surface area is 131 Å². The van der Waals surface area contributed by atoms with Gasteiger partial charge in [-0.2, -0.15) is 0 Å². The Morgan fingerprint density at radius 1 is 1.24 bits per heavy atom. The molecular weight excluding hydrogens is 264 g/mol. The molecule has 1 saturated carbocycles. The largest absolute Gasteiger partial charge is 0.395 e. The molecule has 0 aliphatic heterocycles. The summed E-state index contributed by atoms with van der Waals surface area (Å²) in [6, 6.07) is 0.604. The van der Waals surface area contributed by atoms with Crippen LogP contribution in [0.5, 0.6) is 0 Å². The SMILES string of the molecule is CNC1CCC(C(C)(C)C)CC1CN(CCO)CCOC. The van der Waals surface area contributed by atoms with E-state index in [1.165, 1.54) is 19.3 Å². The smallest absolute Gasteiger partial charge is 0.0589 e. The Bertz CT molecular complexity index is 278. The van der Waals surface area contributed by atoms with Crippen molar-refractivity contribution in [1.29, 1.82) is 0 Å². The van der Waals surface area contributed by atoms with Crippen LogP contribution >= 0.6 is 0 Å². The van der Waals surface area contributed by atoms with Crippen molar-refractivity contribution >= 4 is 0 Å². The molecule has 21 heavy (non-hydrogen) atoms. The molecule has 0 aromatic heterocycles. The van der Waals surface area contributed by atoms with Gasteiger partial charge in [-0.3, -0.25) is 4.90 Å². The molecule has 0 saturated heterocycles. The molecular formula is C17H36N2O2. The molecule has 4 heteroatoms. The summed E-state index contributed by atoms with van der Waals surface area (Å²) in [6.45, 7) is 10.8. The van der Waals surface area contributed by atoms with Crippen molar-refractivity contribution in [2.45, 2.75) is 46.1 Å². The highest BCUT2D eigenvalue weighted by molar-refractivity contribution is 4.89. The molecule has 0 aromatic rings. The summed E-state index contributed by atoms with van der Waals surface area (Å²) in [5.41, 5.74) is 0.394. The van der Waals surface area contributed by atoms with Crippen LogP contribution in [-0.2, 0) is 4.74 Å². The fourth-order valence-corrected chi connectivity index (χ4v) is 3.62. The van der Waals surface area contributed by atoms with Crippen molar-refractivity contribution in [2.24, 2.45) is 17.3 Å². The van der Waals surface area contributed by atoms with Gasteiger partial charge >= 0.3 is 0 Å². The fourth-order valence-electron chi connectivity index (χ4n) is 3.62. The summed E-state index contributed by atoms with van der Waals surface area (Å²) in [5.74, 6) is 1.46. The number of aliphatic hydroxyl groups is 1. The lowest BCUT2D eigenvalue weighted by atomic mass is 9.67. The number of ether oxygens (including phenoxy) is 1. The van der Waals surface area contributed by atoms with Crippen molar-refractivity contribution in [3.8, 4) is 0 Å². The van der Waals surface area contributed by atoms with Gasteiger partial charge in [-0.05, 0) is 43.6 Å². The molecule has 3 unspecified atom stereocenters. The van der Waals surface area contributed by atoms with Crippen LogP contribution in [0.3, 0.4) is 0 Å². The van der Waals surface area contributed by atoms with E-state index in [1.54, 1.807) is 7.11 Å². The quantitative estimate of drug-likeness (QED) is 0.719. The number of nitrogens with one attached hydrogen (secondary N) is 1. The van der Waals surface area contributed by atoms with Gasteiger partial charge in [0.1, 0.15) is 0 Å². The molecule has 126 valence electrons. The van der Waals surface area contributed by atoms with E-state index in [4.69, 9.17) is 4.74 Å². The van der Waals surface area contributed by atoms with Crippen LogP contribution in [0.4, 0.5) is 0 Å². The van der Waals surface area contributed by atoms with E-state index in [0.717, 1.165) is 32.2 Å². The Morgan fingerprint density at radius 3 is 2.48 bits per heavy atom. The molecule has 0 amide bonds. The molecule has 4 nitrogen and oxygen atoms in total. The summed E-state index contributed by atoms with van der Waals surface area (Å²) >= 11 is 0. The first-order chi connectivity index (χ1) is 9.92. The summed E-state index contributed by atoms with van der Waals surface area (Å²) in [5, 5.41) is 12.8. The van der Waals surface area contributed by atoms with Crippen LogP contribution in [0.25, 0.3) is 0 Å². The first-order valence-corrected chi connectivity index (χ1v) is 8.41. The number of aliphatic hydroxyl groups excluding tert-OH is 1. The van der Waals surface area contributed by atoms with E-state index in [9.17, 15) is 5.11 Å². The van der Waals surface area contributed by atoms with Crippen LogP contribution < -0.4 is 5.32 Å². The van der Waals surface area contributed by atoms with Gasteiger partial charge in [0.05, 0.1) is 13.2 Å². The zero-order valence-corrected chi connectivity index (χ0v) is 14.7. The third kappa shape index (κ3) is 6.23. The number of hydrogen-bond acceptors (Lipinski definition) is 4. The van der Waals surface area contributed by atoms with Crippen molar-refractivity contribution in [3.05, 3.63) is 0 Å². The van der Waals surface area contributed by atoms with Gasteiger partial charge in [-0.25, -0.2) is 0 Å². The van der Waals surface area contributed by atoms with E-state index in [0.29, 0.717) is 17.4 Å². The normalized spacial score (nSPS) is 27.3. The predicted octanol–water partition coefficient (Wildman–Crippen LogP) is 1.98. The third-order valence-corrected chi connectivity index (χ3v) is 5.10. The Hall–Kier alpha value is -0.160. The Kier molecular flexibility index (Phi) is 8.17. The van der Waals surface area contributed by atoms with Crippen molar-refractivity contribution < 1.29 is 9.84 Å². The van der Waals surface area contributed by atoms with Gasteiger partial charge in [0, 0.05) is 32.8 Å². The summed E-state index contributed by atoms with van der Waals surface area (Å²) < 4.78 is 5.20. The average Bonchev–Trinajstić information content (AvgIpc) is 2.44. The molecule has 0 heterocycles. The first kappa shape index (κ1) is 18.9. The maximum absolute atomic E-state index is 9.27. The maximum atomic E-state index is 9.27. The second-order valence-electron chi connectivity index (χ2n) is 7.55. The number of rotatable bonds is 8. The van der Waals surface area contributed by atoms with E-state index < -0.39 is 0 Å². The lowest BCUT2D eigenvalue weighted by Crippen LogP contribution is -2.47. The molecule has 2 N–H and O–H groups in total. The zero-order valence-electron chi connectivity index (χ0n) is 14.7. The topological polar surface area (TPSA) is 44.7 Å². The van der Waals surface area contributed by atoms with Crippen LogP contribution in [-0.4, -0.2) is 63.1 Å². The second-order valence-corrected chi connectivity index (χ2v) is 7.55. The summed E-state index contributed by atoms with van der Waals surface area (Å²) in [7, 11) is 3.82. The summed E-state index contributed by atoms with van der Waals surface area (Å²) in [4.78, 5) is 2.35. The van der Waals surface area contributed by atoms with Crippen LogP contribution in [0.15, 0.2) is 0 Å². The minimum absolute atomic E-state index is 0.226. The number of nitrogens with zero attached hydrogens (tertiary/aromatic N) is 1. The molecule has 1 rings (SSSR count). The highest BCUT2D eigenvalue weighted by atomic mass is 16.5.